The number of imidazole rings is 1. The first-order valence-corrected chi connectivity index (χ1v) is 7.37. The van der Waals surface area contributed by atoms with Crippen molar-refractivity contribution in [3.63, 3.8) is 0 Å². The van der Waals surface area contributed by atoms with Crippen LogP contribution in [-0.4, -0.2) is 15.9 Å². The number of para-hydroxylation sites is 2. The van der Waals surface area contributed by atoms with Gasteiger partial charge in [-0.15, -0.1) is 11.3 Å². The molecule has 102 valence electrons. The van der Waals surface area contributed by atoms with Crippen LogP contribution in [0.1, 0.15) is 18.7 Å². The molecule has 0 aliphatic rings. The highest BCUT2D eigenvalue weighted by molar-refractivity contribution is 7.11. The van der Waals surface area contributed by atoms with Crippen molar-refractivity contribution in [3.05, 3.63) is 47.6 Å². The Morgan fingerprint density at radius 1 is 1.25 bits per heavy atom. The number of aromatic nitrogens is 2. The number of thiophene rings is 1. The van der Waals surface area contributed by atoms with Crippen LogP contribution in [0.15, 0.2) is 41.8 Å². The third-order valence-corrected chi connectivity index (χ3v) is 3.69. The summed E-state index contributed by atoms with van der Waals surface area (Å²) in [5.74, 6) is 0.721. The Labute approximate surface area is 120 Å². The van der Waals surface area contributed by atoms with E-state index in [1.54, 1.807) is 6.07 Å². The number of aromatic amines is 1. The summed E-state index contributed by atoms with van der Waals surface area (Å²) in [6.07, 6.45) is 1.87. The summed E-state index contributed by atoms with van der Waals surface area (Å²) in [5.41, 5.74) is 1.99. The van der Waals surface area contributed by atoms with Gasteiger partial charge in [0, 0.05) is 12.8 Å². The highest BCUT2D eigenvalue weighted by Gasteiger charge is 2.07. The van der Waals surface area contributed by atoms with Crippen LogP contribution in [0.3, 0.4) is 0 Å². The van der Waals surface area contributed by atoms with Crippen LogP contribution in [0, 0.1) is 0 Å². The molecule has 0 atom stereocenters. The Morgan fingerprint density at radius 3 is 2.95 bits per heavy atom. The normalized spacial score (nSPS) is 10.8. The first-order chi connectivity index (χ1) is 9.81. The molecule has 2 aromatic heterocycles. The van der Waals surface area contributed by atoms with Gasteiger partial charge < -0.3 is 9.72 Å². The maximum Gasteiger partial charge on any atom is 0.311 e. The lowest BCUT2D eigenvalue weighted by Crippen LogP contribution is -2.07. The summed E-state index contributed by atoms with van der Waals surface area (Å²) in [5, 5.41) is 2.54. The molecule has 0 saturated carbocycles. The molecule has 4 nitrogen and oxygen atoms in total. The molecule has 0 amide bonds. The van der Waals surface area contributed by atoms with Gasteiger partial charge in [-0.05, 0) is 36.1 Å². The largest absolute Gasteiger partial charge is 0.415 e. The summed E-state index contributed by atoms with van der Waals surface area (Å²) in [6, 6.07) is 11.6. The van der Waals surface area contributed by atoms with Crippen LogP contribution in [0.5, 0.6) is 5.06 Å². The number of nitrogens with zero attached hydrogens (tertiary/aromatic N) is 1. The summed E-state index contributed by atoms with van der Waals surface area (Å²) in [6.45, 7) is 0. The van der Waals surface area contributed by atoms with Crippen LogP contribution in [0.2, 0.25) is 0 Å². The number of aryl methyl sites for hydroxylation is 1. The second kappa shape index (κ2) is 5.88. The average Bonchev–Trinajstić information content (AvgIpc) is 3.07. The van der Waals surface area contributed by atoms with E-state index in [0.29, 0.717) is 11.5 Å². The van der Waals surface area contributed by atoms with E-state index in [-0.39, 0.29) is 5.97 Å². The van der Waals surface area contributed by atoms with Crippen molar-refractivity contribution in [1.29, 1.82) is 0 Å². The predicted octanol–water partition coefficient (Wildman–Crippen LogP) is 3.55. The molecule has 3 aromatic rings. The van der Waals surface area contributed by atoms with Crippen molar-refractivity contribution in [3.8, 4) is 5.06 Å². The Balaban J connectivity index is 1.51. The van der Waals surface area contributed by atoms with Gasteiger partial charge in [0.1, 0.15) is 5.82 Å². The van der Waals surface area contributed by atoms with Crippen LogP contribution in [-0.2, 0) is 11.2 Å². The smallest absolute Gasteiger partial charge is 0.311 e. The number of carbonyl (C=O) groups excluding carboxylic acids is 1. The van der Waals surface area contributed by atoms with Crippen LogP contribution >= 0.6 is 11.3 Å². The minimum Gasteiger partial charge on any atom is -0.415 e. The third kappa shape index (κ3) is 3.05. The number of ether oxygens (including phenoxy) is 1. The van der Waals surface area contributed by atoms with Gasteiger partial charge in [0.15, 0.2) is 5.06 Å². The number of esters is 1. The molecule has 0 spiro atoms. The Morgan fingerprint density at radius 2 is 2.15 bits per heavy atom. The van der Waals surface area contributed by atoms with Gasteiger partial charge in [0.25, 0.3) is 0 Å². The van der Waals surface area contributed by atoms with E-state index in [9.17, 15) is 4.79 Å². The molecule has 5 heteroatoms. The van der Waals surface area contributed by atoms with Crippen LogP contribution in [0.25, 0.3) is 11.0 Å². The molecule has 0 bridgehead atoms. The molecule has 0 aliphatic carbocycles. The zero-order valence-electron chi connectivity index (χ0n) is 10.8. The lowest BCUT2D eigenvalue weighted by molar-refractivity contribution is -0.134. The van der Waals surface area contributed by atoms with Gasteiger partial charge in [-0.3, -0.25) is 4.79 Å². The van der Waals surface area contributed by atoms with Crippen molar-refractivity contribution in [2.45, 2.75) is 19.3 Å². The minimum absolute atomic E-state index is 0.191. The first kappa shape index (κ1) is 12.9. The molecule has 0 fully saturated rings. The third-order valence-electron chi connectivity index (χ3n) is 2.94. The van der Waals surface area contributed by atoms with Gasteiger partial charge in [-0.1, -0.05) is 12.1 Å². The van der Waals surface area contributed by atoms with Crippen molar-refractivity contribution in [2.24, 2.45) is 0 Å². The molecular weight excluding hydrogens is 272 g/mol. The van der Waals surface area contributed by atoms with Crippen molar-refractivity contribution in [2.75, 3.05) is 0 Å². The monoisotopic (exact) mass is 286 g/mol. The number of rotatable bonds is 5. The number of nitrogens with one attached hydrogen (secondary N) is 1. The summed E-state index contributed by atoms with van der Waals surface area (Å²) < 4.78 is 5.20. The van der Waals surface area contributed by atoms with E-state index in [1.165, 1.54) is 11.3 Å². The van der Waals surface area contributed by atoms with E-state index >= 15 is 0 Å². The molecule has 1 N–H and O–H groups in total. The number of hydrogen-bond donors (Lipinski definition) is 1. The van der Waals surface area contributed by atoms with E-state index in [1.807, 2.05) is 35.7 Å². The molecule has 0 aliphatic heterocycles. The molecule has 0 radical (unpaired) electrons. The molecule has 2 heterocycles. The van der Waals surface area contributed by atoms with Crippen LogP contribution < -0.4 is 4.74 Å². The molecule has 0 saturated heterocycles. The van der Waals surface area contributed by atoms with Gasteiger partial charge in [-0.25, -0.2) is 4.98 Å². The predicted molar refractivity (Wildman–Crippen MR) is 79.0 cm³/mol. The van der Waals surface area contributed by atoms with Gasteiger partial charge in [0.2, 0.25) is 0 Å². The second-order valence-corrected chi connectivity index (χ2v) is 5.37. The van der Waals surface area contributed by atoms with Gasteiger partial charge in [-0.2, -0.15) is 0 Å². The number of benzene rings is 1. The summed E-state index contributed by atoms with van der Waals surface area (Å²) in [7, 11) is 0. The number of fused-ring (bicyclic) bond motifs is 1. The quantitative estimate of drug-likeness (QED) is 0.730. The molecule has 20 heavy (non-hydrogen) atoms. The van der Waals surface area contributed by atoms with Crippen LogP contribution in [0.4, 0.5) is 0 Å². The zero-order valence-corrected chi connectivity index (χ0v) is 11.7. The zero-order chi connectivity index (χ0) is 13.8. The average molecular weight is 286 g/mol. The fourth-order valence-corrected chi connectivity index (χ4v) is 2.60. The lowest BCUT2D eigenvalue weighted by atomic mass is 10.2. The van der Waals surface area contributed by atoms with E-state index < -0.39 is 0 Å². The van der Waals surface area contributed by atoms with E-state index in [0.717, 1.165) is 29.7 Å². The topological polar surface area (TPSA) is 55.0 Å². The van der Waals surface area contributed by atoms with Gasteiger partial charge in [0.05, 0.1) is 11.0 Å². The number of hydrogen-bond acceptors (Lipinski definition) is 4. The Kier molecular flexibility index (Phi) is 3.78. The van der Waals surface area contributed by atoms with E-state index in [4.69, 9.17) is 4.74 Å². The summed E-state index contributed by atoms with van der Waals surface area (Å²) in [4.78, 5) is 19.4. The first-order valence-electron chi connectivity index (χ1n) is 6.49. The molecule has 3 rings (SSSR count). The maximum absolute atomic E-state index is 11.6. The fraction of sp³-hybridized carbons (Fsp3) is 0.200. The standard InChI is InChI=1S/C15H14N2O2S/c18-14(19-15-9-4-10-20-15)8-3-7-13-16-11-5-1-2-6-12(11)17-13/h1-2,4-6,9-10H,3,7-8H2,(H,16,17). The SMILES string of the molecule is O=C(CCCc1nc2ccccc2[nH]1)Oc1cccs1. The van der Waals surface area contributed by atoms with Crippen molar-refractivity contribution < 1.29 is 9.53 Å². The van der Waals surface area contributed by atoms with E-state index in [2.05, 4.69) is 9.97 Å². The second-order valence-electron chi connectivity index (χ2n) is 4.46. The molecular formula is C15H14N2O2S. The van der Waals surface area contributed by atoms with Crippen molar-refractivity contribution >= 4 is 28.3 Å². The Hall–Kier alpha value is -2.14. The number of carbonyl (C=O) groups is 1. The van der Waals surface area contributed by atoms with Gasteiger partial charge >= 0.3 is 5.97 Å². The fourth-order valence-electron chi connectivity index (χ4n) is 2.01. The molecule has 1 aromatic carbocycles. The lowest BCUT2D eigenvalue weighted by Gasteiger charge is -2.00. The molecule has 0 unspecified atom stereocenters. The number of H-pyrrole nitrogens is 1. The Bertz CT molecular complexity index is 671. The van der Waals surface area contributed by atoms with Crippen molar-refractivity contribution in [1.82, 2.24) is 9.97 Å². The minimum atomic E-state index is -0.191. The summed E-state index contributed by atoms with van der Waals surface area (Å²) >= 11 is 1.42. The highest BCUT2D eigenvalue weighted by Crippen LogP contribution is 2.19. The maximum atomic E-state index is 11.6. The highest BCUT2D eigenvalue weighted by atomic mass is 32.1.